The van der Waals surface area contributed by atoms with E-state index in [4.69, 9.17) is 4.74 Å². The van der Waals surface area contributed by atoms with Crippen LogP contribution in [-0.4, -0.2) is 57.1 Å². The lowest BCUT2D eigenvalue weighted by Gasteiger charge is -2.35. The van der Waals surface area contributed by atoms with Crippen LogP contribution in [0.1, 0.15) is 48.9 Å². The summed E-state index contributed by atoms with van der Waals surface area (Å²) in [4.78, 5) is 14.3. The van der Waals surface area contributed by atoms with Gasteiger partial charge in [0.2, 0.25) is 15.9 Å². The molecule has 2 aliphatic rings. The molecule has 2 atom stereocenters. The fourth-order valence-corrected chi connectivity index (χ4v) is 4.87. The van der Waals surface area contributed by atoms with Gasteiger partial charge in [-0.05, 0) is 49.9 Å². The van der Waals surface area contributed by atoms with Crippen molar-refractivity contribution >= 4 is 15.9 Å². The Bertz CT molecular complexity index is 808. The molecular weight excluding hydrogens is 402 g/mol. The summed E-state index contributed by atoms with van der Waals surface area (Å²) in [5.41, 5.74) is 0.570. The smallest absolute Gasteiger partial charge is 0.253 e. The number of nitrogens with zero attached hydrogens (tertiary/aromatic N) is 1. The van der Waals surface area contributed by atoms with Crippen molar-refractivity contribution in [3.63, 3.8) is 0 Å². The van der Waals surface area contributed by atoms with Gasteiger partial charge in [-0.1, -0.05) is 0 Å². The molecule has 1 N–H and O–H groups in total. The molecule has 1 aliphatic heterocycles. The highest BCUT2D eigenvalue weighted by Gasteiger charge is 2.42. The van der Waals surface area contributed by atoms with E-state index >= 15 is 0 Å². The summed E-state index contributed by atoms with van der Waals surface area (Å²) < 4.78 is 58.9. The molecule has 1 amide bonds. The predicted molar refractivity (Wildman–Crippen MR) is 106 cm³/mol. The third-order valence-corrected chi connectivity index (χ3v) is 6.26. The molecule has 162 valence electrons. The van der Waals surface area contributed by atoms with Gasteiger partial charge in [0.25, 0.3) is 5.91 Å². The van der Waals surface area contributed by atoms with Crippen LogP contribution in [-0.2, 0) is 10.0 Å². The number of hydrogen-bond acceptors (Lipinski definition) is 4. The standard InChI is InChI=1S/C20H28F2N2O4S/c1-29(26,27)23-18-9-10-20(21,22)13-16(18)14-28-17-7-5-15(6-8-17)19(25)24-11-3-2-4-12-24/h5-8,16,18,23H,2-4,9-14H2,1H3/t16-,18+/m1/s1. The minimum Gasteiger partial charge on any atom is -0.493 e. The molecular formula is C20H28F2N2O4S. The number of carbonyl (C=O) groups excluding carboxylic acids is 1. The number of halogens is 2. The molecule has 0 spiro atoms. The zero-order valence-corrected chi connectivity index (χ0v) is 17.4. The number of alkyl halides is 2. The van der Waals surface area contributed by atoms with E-state index < -0.39 is 34.3 Å². The highest BCUT2D eigenvalue weighted by molar-refractivity contribution is 7.88. The molecule has 1 saturated carbocycles. The van der Waals surface area contributed by atoms with Gasteiger partial charge in [-0.3, -0.25) is 4.79 Å². The summed E-state index contributed by atoms with van der Waals surface area (Å²) in [6, 6.07) is 6.07. The SMILES string of the molecule is CS(=O)(=O)N[C@H]1CCC(F)(F)C[C@@H]1COc1ccc(C(=O)N2CCCCC2)cc1. The average Bonchev–Trinajstić information content (AvgIpc) is 2.67. The summed E-state index contributed by atoms with van der Waals surface area (Å²) in [5, 5.41) is 0. The van der Waals surface area contributed by atoms with Crippen molar-refractivity contribution in [3.8, 4) is 5.75 Å². The first-order chi connectivity index (χ1) is 13.6. The van der Waals surface area contributed by atoms with Crippen LogP contribution < -0.4 is 9.46 Å². The fourth-order valence-electron chi connectivity index (χ4n) is 4.01. The molecule has 3 rings (SSSR count). The molecule has 0 radical (unpaired) electrons. The quantitative estimate of drug-likeness (QED) is 0.753. The van der Waals surface area contributed by atoms with Crippen molar-refractivity contribution in [1.29, 1.82) is 0 Å². The number of nitrogens with one attached hydrogen (secondary N) is 1. The largest absolute Gasteiger partial charge is 0.493 e. The third kappa shape index (κ3) is 6.37. The Kier molecular flexibility index (Phi) is 6.78. The Morgan fingerprint density at radius 1 is 1.21 bits per heavy atom. The zero-order chi connectivity index (χ0) is 21.1. The van der Waals surface area contributed by atoms with Gasteiger partial charge in [0.1, 0.15) is 5.75 Å². The van der Waals surface area contributed by atoms with Crippen molar-refractivity contribution in [2.24, 2.45) is 5.92 Å². The summed E-state index contributed by atoms with van der Waals surface area (Å²) >= 11 is 0. The Hall–Kier alpha value is -1.74. The summed E-state index contributed by atoms with van der Waals surface area (Å²) in [5.74, 6) is -3.01. The molecule has 1 saturated heterocycles. The van der Waals surface area contributed by atoms with Gasteiger partial charge in [-0.2, -0.15) is 0 Å². The highest BCUT2D eigenvalue weighted by atomic mass is 32.2. The number of hydrogen-bond donors (Lipinski definition) is 1. The van der Waals surface area contributed by atoms with Gasteiger partial charge < -0.3 is 9.64 Å². The summed E-state index contributed by atoms with van der Waals surface area (Å²) in [7, 11) is -3.50. The monoisotopic (exact) mass is 430 g/mol. The number of ether oxygens (including phenoxy) is 1. The Morgan fingerprint density at radius 3 is 2.48 bits per heavy atom. The Morgan fingerprint density at radius 2 is 1.86 bits per heavy atom. The molecule has 29 heavy (non-hydrogen) atoms. The normalized spacial score (nSPS) is 24.9. The molecule has 0 unspecified atom stereocenters. The van der Waals surface area contributed by atoms with Crippen LogP contribution in [0.2, 0.25) is 0 Å². The maximum Gasteiger partial charge on any atom is 0.253 e. The molecule has 6 nitrogen and oxygen atoms in total. The molecule has 0 aromatic heterocycles. The first kappa shape index (κ1) is 22.0. The van der Waals surface area contributed by atoms with E-state index in [0.29, 0.717) is 11.3 Å². The number of amides is 1. The second kappa shape index (κ2) is 8.95. The van der Waals surface area contributed by atoms with Crippen LogP contribution in [0.5, 0.6) is 5.75 Å². The minimum atomic E-state index is -3.50. The van der Waals surface area contributed by atoms with Crippen LogP contribution in [0.25, 0.3) is 0 Å². The predicted octanol–water partition coefficient (Wildman–Crippen LogP) is 3.04. The van der Waals surface area contributed by atoms with Gasteiger partial charge in [-0.25, -0.2) is 21.9 Å². The van der Waals surface area contributed by atoms with Crippen molar-refractivity contribution < 1.29 is 26.7 Å². The lowest BCUT2D eigenvalue weighted by atomic mass is 9.83. The number of benzene rings is 1. The topological polar surface area (TPSA) is 75.7 Å². The summed E-state index contributed by atoms with van der Waals surface area (Å²) in [6.45, 7) is 1.51. The van der Waals surface area contributed by atoms with Gasteiger partial charge >= 0.3 is 0 Å². The van der Waals surface area contributed by atoms with Crippen LogP contribution >= 0.6 is 0 Å². The minimum absolute atomic E-state index is 0.0133. The van der Waals surface area contributed by atoms with Crippen molar-refractivity contribution in [2.45, 2.75) is 50.5 Å². The number of piperidine rings is 1. The van der Waals surface area contributed by atoms with E-state index in [1.54, 1.807) is 24.3 Å². The van der Waals surface area contributed by atoms with Crippen LogP contribution in [0.15, 0.2) is 24.3 Å². The van der Waals surface area contributed by atoms with E-state index in [0.717, 1.165) is 38.6 Å². The fraction of sp³-hybridized carbons (Fsp3) is 0.650. The molecule has 1 aromatic rings. The number of rotatable bonds is 6. The third-order valence-electron chi connectivity index (χ3n) is 5.53. The first-order valence-corrected chi connectivity index (χ1v) is 11.9. The van der Waals surface area contributed by atoms with E-state index in [2.05, 4.69) is 4.72 Å². The zero-order valence-electron chi connectivity index (χ0n) is 16.6. The van der Waals surface area contributed by atoms with Crippen LogP contribution in [0, 0.1) is 5.92 Å². The van der Waals surface area contributed by atoms with E-state index in [1.807, 2.05) is 4.90 Å². The van der Waals surface area contributed by atoms with Crippen molar-refractivity contribution in [2.75, 3.05) is 26.0 Å². The number of carbonyl (C=O) groups is 1. The Labute approximate surface area is 170 Å². The van der Waals surface area contributed by atoms with Crippen LogP contribution in [0.3, 0.4) is 0 Å². The highest BCUT2D eigenvalue weighted by Crippen LogP contribution is 2.37. The maximum absolute atomic E-state index is 13.8. The number of sulfonamides is 1. The first-order valence-electron chi connectivity index (χ1n) is 10.0. The molecule has 2 fully saturated rings. The van der Waals surface area contributed by atoms with Gasteiger partial charge in [0.05, 0.1) is 12.9 Å². The second-order valence-electron chi connectivity index (χ2n) is 8.04. The van der Waals surface area contributed by atoms with Crippen molar-refractivity contribution in [3.05, 3.63) is 29.8 Å². The van der Waals surface area contributed by atoms with E-state index in [1.165, 1.54) is 0 Å². The second-order valence-corrected chi connectivity index (χ2v) is 9.82. The summed E-state index contributed by atoms with van der Waals surface area (Å²) in [6.07, 6.45) is 3.50. The van der Waals surface area contributed by atoms with E-state index in [9.17, 15) is 22.0 Å². The number of likely N-dealkylation sites (tertiary alicyclic amines) is 1. The molecule has 1 aromatic carbocycles. The van der Waals surface area contributed by atoms with Gasteiger partial charge in [-0.15, -0.1) is 0 Å². The van der Waals surface area contributed by atoms with Crippen molar-refractivity contribution in [1.82, 2.24) is 9.62 Å². The molecule has 0 bridgehead atoms. The van der Waals surface area contributed by atoms with Gasteiger partial charge in [0, 0.05) is 43.5 Å². The maximum atomic E-state index is 13.8. The lowest BCUT2D eigenvalue weighted by Crippen LogP contribution is -2.48. The molecule has 1 heterocycles. The van der Waals surface area contributed by atoms with Crippen LogP contribution in [0.4, 0.5) is 8.78 Å². The van der Waals surface area contributed by atoms with Gasteiger partial charge in [0.15, 0.2) is 0 Å². The molecule has 1 aliphatic carbocycles. The average molecular weight is 431 g/mol. The molecule has 9 heteroatoms. The lowest BCUT2D eigenvalue weighted by molar-refractivity contribution is -0.0660. The Balaban J connectivity index is 1.60. The van der Waals surface area contributed by atoms with E-state index in [-0.39, 0.29) is 25.4 Å².